The number of amides is 1. The first-order valence-corrected chi connectivity index (χ1v) is 13.5. The number of ether oxygens (including phenoxy) is 2. The molecule has 190 valence electrons. The van der Waals surface area contributed by atoms with E-state index in [2.05, 4.69) is 43.0 Å². The fourth-order valence-electron chi connectivity index (χ4n) is 4.38. The molecule has 0 radical (unpaired) electrons. The Bertz CT molecular complexity index is 1190. The van der Waals surface area contributed by atoms with Crippen LogP contribution in [0.1, 0.15) is 43.7 Å². The molecule has 4 rings (SSSR count). The highest BCUT2D eigenvalue weighted by Crippen LogP contribution is 2.54. The summed E-state index contributed by atoms with van der Waals surface area (Å²) in [5, 5.41) is 0.393. The van der Waals surface area contributed by atoms with Crippen LogP contribution in [0, 0.1) is 0 Å². The monoisotopic (exact) mass is 524 g/mol. The molecule has 36 heavy (non-hydrogen) atoms. The van der Waals surface area contributed by atoms with Crippen LogP contribution < -0.4 is 14.4 Å². The second-order valence-electron chi connectivity index (χ2n) is 9.13. The molecule has 0 saturated heterocycles. The van der Waals surface area contributed by atoms with E-state index in [-0.39, 0.29) is 11.3 Å². The van der Waals surface area contributed by atoms with E-state index in [1.807, 2.05) is 42.5 Å². The molecule has 0 bridgehead atoms. The van der Waals surface area contributed by atoms with E-state index in [0.717, 1.165) is 47.2 Å². The average molecular weight is 525 g/mol. The third-order valence-corrected chi connectivity index (χ3v) is 7.79. The summed E-state index contributed by atoms with van der Waals surface area (Å²) in [4.78, 5) is 17.9. The molecule has 0 spiro atoms. The Kier molecular flexibility index (Phi) is 8.83. The molecule has 1 atom stereocenters. The molecule has 5 nitrogen and oxygen atoms in total. The molecule has 3 aromatic carbocycles. The van der Waals surface area contributed by atoms with Crippen molar-refractivity contribution in [2.75, 3.05) is 25.2 Å². The molecule has 0 N–H and O–H groups in total. The molecule has 0 aromatic heterocycles. The fourth-order valence-corrected chi connectivity index (χ4v) is 6.02. The van der Waals surface area contributed by atoms with Crippen molar-refractivity contribution in [1.29, 1.82) is 0 Å². The van der Waals surface area contributed by atoms with Gasteiger partial charge in [-0.1, -0.05) is 53.7 Å². The summed E-state index contributed by atoms with van der Waals surface area (Å²) in [5.74, 6) is 1.46. The van der Waals surface area contributed by atoms with Crippen LogP contribution >= 0.6 is 23.4 Å². The van der Waals surface area contributed by atoms with Gasteiger partial charge in [0.25, 0.3) is 0 Å². The average Bonchev–Trinajstić information content (AvgIpc) is 3.25. The van der Waals surface area contributed by atoms with E-state index >= 15 is 0 Å². The zero-order chi connectivity index (χ0) is 25.7. The first-order chi connectivity index (χ1) is 17.4. The van der Waals surface area contributed by atoms with Gasteiger partial charge >= 0.3 is 0 Å². The van der Waals surface area contributed by atoms with Gasteiger partial charge in [0.05, 0.1) is 19.4 Å². The van der Waals surface area contributed by atoms with Gasteiger partial charge in [0, 0.05) is 41.5 Å². The smallest absolute Gasteiger partial charge is 0.225 e. The second kappa shape index (κ2) is 12.0. The molecule has 1 amide bonds. The highest BCUT2D eigenvalue weighted by Gasteiger charge is 2.36. The predicted molar refractivity (Wildman–Crippen MR) is 148 cm³/mol. The Morgan fingerprint density at radius 1 is 1.11 bits per heavy atom. The third-order valence-electron chi connectivity index (χ3n) is 6.28. The minimum Gasteiger partial charge on any atom is -0.497 e. The van der Waals surface area contributed by atoms with Crippen LogP contribution in [-0.4, -0.2) is 37.1 Å². The van der Waals surface area contributed by atoms with Gasteiger partial charge in [-0.2, -0.15) is 0 Å². The van der Waals surface area contributed by atoms with Crippen molar-refractivity contribution in [2.24, 2.45) is 0 Å². The summed E-state index contributed by atoms with van der Waals surface area (Å²) in [7, 11) is 1.64. The second-order valence-corrected chi connectivity index (χ2v) is 10.7. The van der Waals surface area contributed by atoms with Crippen LogP contribution in [0.4, 0.5) is 5.69 Å². The maximum Gasteiger partial charge on any atom is 0.225 e. The summed E-state index contributed by atoms with van der Waals surface area (Å²) in [6.07, 6.45) is 0.889. The maximum atomic E-state index is 12.7. The fraction of sp³-hybridized carbons (Fsp3) is 0.345. The lowest BCUT2D eigenvalue weighted by atomic mass is 10.1. The standard InChI is InChI=1S/C29H33ClN2O3S/c1-20(2)31(19-22-9-6-5-7-10-22)15-8-16-35-27-14-12-24(34-4)18-25(27)29-32(21(3)33)26-13-11-23(30)17-28(26)36-29/h5-7,9-14,17-18,20,29H,8,15-16,19H2,1-4H3. The maximum absolute atomic E-state index is 12.7. The van der Waals surface area contributed by atoms with Crippen LogP contribution in [0.5, 0.6) is 11.5 Å². The Labute approximate surface area is 223 Å². The van der Waals surface area contributed by atoms with Gasteiger partial charge in [-0.25, -0.2) is 0 Å². The quantitative estimate of drug-likeness (QED) is 0.263. The van der Waals surface area contributed by atoms with Gasteiger partial charge in [0.1, 0.15) is 16.9 Å². The van der Waals surface area contributed by atoms with E-state index in [1.165, 1.54) is 5.56 Å². The summed E-state index contributed by atoms with van der Waals surface area (Å²) < 4.78 is 11.8. The van der Waals surface area contributed by atoms with E-state index in [0.29, 0.717) is 17.7 Å². The number of hydrogen-bond acceptors (Lipinski definition) is 5. The van der Waals surface area contributed by atoms with Crippen LogP contribution in [-0.2, 0) is 11.3 Å². The number of methoxy groups -OCH3 is 1. The molecular weight excluding hydrogens is 492 g/mol. The minimum absolute atomic E-state index is 0.0316. The van der Waals surface area contributed by atoms with Crippen LogP contribution in [0.2, 0.25) is 5.02 Å². The van der Waals surface area contributed by atoms with Crippen LogP contribution in [0.25, 0.3) is 0 Å². The molecule has 0 saturated carbocycles. The predicted octanol–water partition coefficient (Wildman–Crippen LogP) is 7.19. The highest BCUT2D eigenvalue weighted by atomic mass is 35.5. The first-order valence-electron chi connectivity index (χ1n) is 12.2. The van der Waals surface area contributed by atoms with E-state index in [1.54, 1.807) is 30.7 Å². The number of carbonyl (C=O) groups excluding carboxylic acids is 1. The van der Waals surface area contributed by atoms with Crippen molar-refractivity contribution < 1.29 is 14.3 Å². The molecule has 0 aliphatic carbocycles. The Hall–Kier alpha value is -2.67. The molecule has 1 aliphatic heterocycles. The Balaban J connectivity index is 1.48. The van der Waals surface area contributed by atoms with E-state index < -0.39 is 0 Å². The SMILES string of the molecule is COc1ccc(OCCCN(Cc2ccccc2)C(C)C)c(C2Sc3cc(Cl)ccc3N2C(C)=O)c1. The van der Waals surface area contributed by atoms with Gasteiger partial charge in [0.2, 0.25) is 5.91 Å². The number of rotatable bonds is 10. The van der Waals surface area contributed by atoms with Gasteiger partial charge in [-0.15, -0.1) is 0 Å². The number of hydrogen-bond donors (Lipinski definition) is 0. The van der Waals surface area contributed by atoms with Gasteiger partial charge < -0.3 is 9.47 Å². The topological polar surface area (TPSA) is 42.0 Å². The lowest BCUT2D eigenvalue weighted by Gasteiger charge is -2.27. The lowest BCUT2D eigenvalue weighted by molar-refractivity contribution is -0.116. The number of halogens is 1. The van der Waals surface area contributed by atoms with Crippen LogP contribution in [0.15, 0.2) is 71.6 Å². The van der Waals surface area contributed by atoms with Crippen molar-refractivity contribution >= 4 is 35.0 Å². The summed E-state index contributed by atoms with van der Waals surface area (Å²) in [6.45, 7) is 8.46. The highest BCUT2D eigenvalue weighted by molar-refractivity contribution is 8.00. The zero-order valence-corrected chi connectivity index (χ0v) is 22.8. The molecule has 1 heterocycles. The molecule has 7 heteroatoms. The van der Waals surface area contributed by atoms with Crippen molar-refractivity contribution in [3.8, 4) is 11.5 Å². The van der Waals surface area contributed by atoms with Crippen LogP contribution in [0.3, 0.4) is 0 Å². The van der Waals surface area contributed by atoms with Crippen molar-refractivity contribution in [3.05, 3.63) is 82.9 Å². The van der Waals surface area contributed by atoms with Crippen molar-refractivity contribution in [1.82, 2.24) is 4.90 Å². The van der Waals surface area contributed by atoms with Crippen molar-refractivity contribution in [3.63, 3.8) is 0 Å². The molecule has 1 aliphatic rings. The number of carbonyl (C=O) groups is 1. The summed E-state index contributed by atoms with van der Waals surface area (Å²) in [6, 6.07) is 22.4. The number of thioether (sulfide) groups is 1. The molecule has 0 fully saturated rings. The van der Waals surface area contributed by atoms with E-state index in [9.17, 15) is 4.79 Å². The van der Waals surface area contributed by atoms with Gasteiger partial charge in [-0.05, 0) is 62.2 Å². The van der Waals surface area contributed by atoms with E-state index in [4.69, 9.17) is 21.1 Å². The number of benzene rings is 3. The number of anilines is 1. The summed E-state index contributed by atoms with van der Waals surface area (Å²) in [5.41, 5.74) is 3.09. The Morgan fingerprint density at radius 3 is 2.58 bits per heavy atom. The summed E-state index contributed by atoms with van der Waals surface area (Å²) >= 11 is 7.84. The normalized spacial score (nSPS) is 14.9. The Morgan fingerprint density at radius 2 is 1.89 bits per heavy atom. The third kappa shape index (κ3) is 6.17. The molecular formula is C29H33ClN2O3S. The van der Waals surface area contributed by atoms with Gasteiger partial charge in [-0.3, -0.25) is 14.6 Å². The zero-order valence-electron chi connectivity index (χ0n) is 21.2. The lowest BCUT2D eigenvalue weighted by Crippen LogP contribution is -2.32. The van der Waals surface area contributed by atoms with Gasteiger partial charge in [0.15, 0.2) is 0 Å². The molecule has 1 unspecified atom stereocenters. The number of nitrogens with zero attached hydrogens (tertiary/aromatic N) is 2. The minimum atomic E-state index is -0.258. The molecule has 3 aromatic rings. The number of fused-ring (bicyclic) bond motifs is 1. The largest absolute Gasteiger partial charge is 0.497 e. The first kappa shape index (κ1) is 26.4. The van der Waals surface area contributed by atoms with Crippen molar-refractivity contribution in [2.45, 2.75) is 50.0 Å².